The lowest BCUT2D eigenvalue weighted by Crippen LogP contribution is -2.50. The third kappa shape index (κ3) is 2.69. The molecule has 0 aliphatic carbocycles. The van der Waals surface area contributed by atoms with Crippen molar-refractivity contribution in [3.63, 3.8) is 0 Å². The number of piperidine rings is 1. The van der Waals surface area contributed by atoms with Gasteiger partial charge in [0, 0.05) is 5.54 Å². The van der Waals surface area contributed by atoms with Crippen molar-refractivity contribution in [1.29, 1.82) is 0 Å². The summed E-state index contributed by atoms with van der Waals surface area (Å²) in [6.45, 7) is 4.07. The number of aliphatic hydroxyl groups excluding tert-OH is 1. The van der Waals surface area contributed by atoms with E-state index in [9.17, 15) is 5.11 Å². The van der Waals surface area contributed by atoms with Crippen LogP contribution in [0.2, 0.25) is 0 Å². The fourth-order valence-corrected chi connectivity index (χ4v) is 3.23. The molecule has 3 nitrogen and oxygen atoms in total. The molecule has 1 atom stereocenters. The fraction of sp³-hybridized carbons (Fsp3) is 0.625. The Labute approximate surface area is 116 Å². The maximum absolute atomic E-state index is 10.1. The molecule has 1 aliphatic rings. The Hall–Kier alpha value is -0.900. The molecule has 0 saturated carbocycles. The highest BCUT2D eigenvalue weighted by Gasteiger charge is 2.39. The van der Waals surface area contributed by atoms with E-state index in [0.29, 0.717) is 0 Å². The summed E-state index contributed by atoms with van der Waals surface area (Å²) in [5, 5.41) is 10.1. The highest BCUT2D eigenvalue weighted by atomic mass is 16.3. The van der Waals surface area contributed by atoms with Gasteiger partial charge in [-0.3, -0.25) is 4.90 Å². The van der Waals surface area contributed by atoms with Gasteiger partial charge in [-0.05, 0) is 65.1 Å². The van der Waals surface area contributed by atoms with Gasteiger partial charge >= 0.3 is 0 Å². The highest BCUT2D eigenvalue weighted by molar-refractivity contribution is 5.36. The maximum atomic E-state index is 10.1. The molecular weight excluding hydrogens is 236 g/mol. The Kier molecular flexibility index (Phi) is 4.29. The lowest BCUT2D eigenvalue weighted by atomic mass is 9.77. The number of hydrogen-bond donors (Lipinski definition) is 1. The summed E-state index contributed by atoms with van der Waals surface area (Å²) >= 11 is 0. The van der Waals surface area contributed by atoms with Crippen LogP contribution in [-0.4, -0.2) is 49.1 Å². The molecule has 1 aromatic carbocycles. The van der Waals surface area contributed by atoms with Crippen molar-refractivity contribution in [2.24, 2.45) is 0 Å². The lowest BCUT2D eigenvalue weighted by molar-refractivity contribution is 0.0609. The number of benzene rings is 1. The van der Waals surface area contributed by atoms with Crippen molar-refractivity contribution in [3.05, 3.63) is 35.4 Å². The van der Waals surface area contributed by atoms with Gasteiger partial charge in [0.2, 0.25) is 0 Å². The van der Waals surface area contributed by atoms with Crippen LogP contribution in [0.3, 0.4) is 0 Å². The van der Waals surface area contributed by atoms with Crippen LogP contribution in [0.15, 0.2) is 24.3 Å². The average molecular weight is 262 g/mol. The Morgan fingerprint density at radius 1 is 1.21 bits per heavy atom. The van der Waals surface area contributed by atoms with E-state index in [-0.39, 0.29) is 5.54 Å². The molecule has 1 aliphatic heterocycles. The number of hydrogen-bond acceptors (Lipinski definition) is 3. The van der Waals surface area contributed by atoms with Crippen molar-refractivity contribution in [1.82, 2.24) is 9.80 Å². The molecule has 1 aromatic rings. The van der Waals surface area contributed by atoms with Crippen LogP contribution in [0.25, 0.3) is 0 Å². The predicted molar refractivity (Wildman–Crippen MR) is 79.2 cm³/mol. The van der Waals surface area contributed by atoms with Crippen LogP contribution in [0.5, 0.6) is 0 Å². The summed E-state index contributed by atoms with van der Waals surface area (Å²) in [5.41, 5.74) is 2.42. The highest BCUT2D eigenvalue weighted by Crippen LogP contribution is 2.40. The SMILES string of the molecule is CC(O)c1ccccc1C1(N(C)C)CCN(C)CC1. The second-order valence-electron chi connectivity index (χ2n) is 5.99. The Morgan fingerprint density at radius 2 is 1.79 bits per heavy atom. The number of rotatable bonds is 3. The molecule has 0 radical (unpaired) electrons. The van der Waals surface area contributed by atoms with Crippen molar-refractivity contribution in [3.8, 4) is 0 Å². The molecule has 0 bridgehead atoms. The minimum absolute atomic E-state index is 0.0556. The van der Waals surface area contributed by atoms with E-state index in [1.54, 1.807) is 0 Å². The summed E-state index contributed by atoms with van der Waals surface area (Å²) < 4.78 is 0. The van der Waals surface area contributed by atoms with E-state index in [0.717, 1.165) is 31.5 Å². The third-order valence-corrected chi connectivity index (χ3v) is 4.58. The second-order valence-corrected chi connectivity index (χ2v) is 5.99. The van der Waals surface area contributed by atoms with Gasteiger partial charge in [-0.1, -0.05) is 24.3 Å². The molecule has 1 heterocycles. The van der Waals surface area contributed by atoms with E-state index in [4.69, 9.17) is 0 Å². The first-order valence-electron chi connectivity index (χ1n) is 7.11. The molecule has 106 valence electrons. The standard InChI is InChI=1S/C16H26N2O/c1-13(19)14-7-5-6-8-15(14)16(17(2)3)9-11-18(4)12-10-16/h5-8,13,19H,9-12H2,1-4H3. The molecule has 1 fully saturated rings. The van der Waals surface area contributed by atoms with Gasteiger partial charge in [0.15, 0.2) is 0 Å². The first-order chi connectivity index (χ1) is 8.97. The van der Waals surface area contributed by atoms with Crippen molar-refractivity contribution >= 4 is 0 Å². The van der Waals surface area contributed by atoms with Gasteiger partial charge in [0.05, 0.1) is 6.10 Å². The van der Waals surface area contributed by atoms with Crippen LogP contribution in [0.4, 0.5) is 0 Å². The zero-order valence-electron chi connectivity index (χ0n) is 12.6. The minimum Gasteiger partial charge on any atom is -0.389 e. The quantitative estimate of drug-likeness (QED) is 0.905. The van der Waals surface area contributed by atoms with Gasteiger partial charge in [0.25, 0.3) is 0 Å². The van der Waals surface area contributed by atoms with E-state index in [2.05, 4.69) is 49.1 Å². The monoisotopic (exact) mass is 262 g/mol. The molecule has 1 saturated heterocycles. The minimum atomic E-state index is -0.410. The number of nitrogens with zero attached hydrogens (tertiary/aromatic N) is 2. The normalized spacial score (nSPS) is 21.6. The molecule has 19 heavy (non-hydrogen) atoms. The molecule has 1 N–H and O–H groups in total. The Balaban J connectivity index is 2.45. The van der Waals surface area contributed by atoms with Crippen LogP contribution >= 0.6 is 0 Å². The predicted octanol–water partition coefficient (Wildman–Crippen LogP) is 2.22. The summed E-state index contributed by atoms with van der Waals surface area (Å²) in [6, 6.07) is 8.35. The summed E-state index contributed by atoms with van der Waals surface area (Å²) in [5.74, 6) is 0. The Morgan fingerprint density at radius 3 is 2.32 bits per heavy atom. The van der Waals surface area contributed by atoms with E-state index in [1.165, 1.54) is 5.56 Å². The first kappa shape index (κ1) is 14.5. The van der Waals surface area contributed by atoms with Crippen LogP contribution < -0.4 is 0 Å². The first-order valence-corrected chi connectivity index (χ1v) is 7.11. The summed E-state index contributed by atoms with van der Waals surface area (Å²) in [6.07, 6.45) is 1.81. The molecule has 3 heteroatoms. The third-order valence-electron chi connectivity index (χ3n) is 4.58. The zero-order valence-corrected chi connectivity index (χ0v) is 12.6. The average Bonchev–Trinajstić information content (AvgIpc) is 2.39. The molecule has 2 rings (SSSR count). The van der Waals surface area contributed by atoms with Gasteiger partial charge < -0.3 is 10.0 Å². The van der Waals surface area contributed by atoms with E-state index >= 15 is 0 Å². The van der Waals surface area contributed by atoms with E-state index in [1.807, 2.05) is 13.0 Å². The van der Waals surface area contributed by atoms with Crippen molar-refractivity contribution < 1.29 is 5.11 Å². The Bertz CT molecular complexity index is 421. The number of likely N-dealkylation sites (tertiary alicyclic amines) is 1. The summed E-state index contributed by atoms with van der Waals surface area (Å²) in [4.78, 5) is 4.72. The van der Waals surface area contributed by atoms with Crippen LogP contribution in [-0.2, 0) is 5.54 Å². The second kappa shape index (κ2) is 5.61. The molecule has 0 spiro atoms. The topological polar surface area (TPSA) is 26.7 Å². The molecular formula is C16H26N2O. The van der Waals surface area contributed by atoms with Gasteiger partial charge in [-0.15, -0.1) is 0 Å². The molecule has 1 unspecified atom stereocenters. The largest absolute Gasteiger partial charge is 0.389 e. The number of aliphatic hydroxyl groups is 1. The van der Waals surface area contributed by atoms with Gasteiger partial charge in [-0.25, -0.2) is 0 Å². The van der Waals surface area contributed by atoms with Crippen molar-refractivity contribution in [2.45, 2.75) is 31.4 Å². The van der Waals surface area contributed by atoms with Crippen LogP contribution in [0.1, 0.15) is 37.0 Å². The van der Waals surface area contributed by atoms with Gasteiger partial charge in [-0.2, -0.15) is 0 Å². The lowest BCUT2D eigenvalue weighted by Gasteiger charge is -2.47. The van der Waals surface area contributed by atoms with Crippen LogP contribution in [0, 0.1) is 0 Å². The van der Waals surface area contributed by atoms with E-state index < -0.39 is 6.10 Å². The molecule has 0 amide bonds. The van der Waals surface area contributed by atoms with Crippen molar-refractivity contribution in [2.75, 3.05) is 34.2 Å². The van der Waals surface area contributed by atoms with Gasteiger partial charge in [0.1, 0.15) is 0 Å². The smallest absolute Gasteiger partial charge is 0.0765 e. The maximum Gasteiger partial charge on any atom is 0.0765 e. The molecule has 0 aromatic heterocycles. The fourth-order valence-electron chi connectivity index (χ4n) is 3.23. The summed E-state index contributed by atoms with van der Waals surface area (Å²) in [7, 11) is 6.49. The zero-order chi connectivity index (χ0) is 14.0.